The predicted octanol–water partition coefficient (Wildman–Crippen LogP) is 3.13. The highest BCUT2D eigenvalue weighted by Gasteiger charge is 2.27. The molecular weight excluding hydrogens is 334 g/mol. The summed E-state index contributed by atoms with van der Waals surface area (Å²) in [6.45, 7) is 6.06. The minimum Gasteiger partial charge on any atom is -0.489 e. The van der Waals surface area contributed by atoms with Crippen LogP contribution in [0, 0.1) is 0 Å². The Hall–Kier alpha value is -3.28. The molecule has 1 heterocycles. The Bertz CT molecular complexity index is 804. The van der Waals surface area contributed by atoms with Gasteiger partial charge in [-0.3, -0.25) is 0 Å². The third-order valence-electron chi connectivity index (χ3n) is 3.47. The molecule has 0 spiro atoms. The summed E-state index contributed by atoms with van der Waals surface area (Å²) in [4.78, 5) is 26.1. The van der Waals surface area contributed by atoms with Gasteiger partial charge in [0.1, 0.15) is 18.1 Å². The van der Waals surface area contributed by atoms with E-state index in [-0.39, 0.29) is 11.3 Å². The van der Waals surface area contributed by atoms with Crippen LogP contribution in [0.1, 0.15) is 6.92 Å². The van der Waals surface area contributed by atoms with Crippen molar-refractivity contribution in [2.24, 2.45) is 0 Å². The first-order chi connectivity index (χ1) is 12.5. The van der Waals surface area contributed by atoms with E-state index >= 15 is 0 Å². The first kappa shape index (κ1) is 19.1. The van der Waals surface area contributed by atoms with Crippen molar-refractivity contribution in [2.45, 2.75) is 6.92 Å². The number of allylic oxidation sites excluding steroid dienone is 2. The second-order valence-electron chi connectivity index (χ2n) is 5.56. The number of hydrogen-bond acceptors (Lipinski definition) is 6. The highest BCUT2D eigenvalue weighted by molar-refractivity contribution is 6.05. The zero-order valence-corrected chi connectivity index (χ0v) is 15.0. The van der Waals surface area contributed by atoms with E-state index in [9.17, 15) is 9.59 Å². The van der Waals surface area contributed by atoms with Crippen LogP contribution in [0.15, 0.2) is 72.1 Å². The quantitative estimate of drug-likeness (QED) is 0.577. The minimum absolute atomic E-state index is 0.0569. The predicted molar refractivity (Wildman–Crippen MR) is 98.6 cm³/mol. The van der Waals surface area contributed by atoms with E-state index < -0.39 is 11.9 Å². The zero-order valence-electron chi connectivity index (χ0n) is 15.0. The van der Waals surface area contributed by atoms with Crippen LogP contribution < -0.4 is 9.64 Å². The number of rotatable bonds is 6. The molecule has 26 heavy (non-hydrogen) atoms. The zero-order chi connectivity index (χ0) is 19.1. The van der Waals surface area contributed by atoms with Crippen LogP contribution >= 0.6 is 0 Å². The molecule has 0 N–H and O–H groups in total. The highest BCUT2D eigenvalue weighted by atomic mass is 16.5. The smallest absolute Gasteiger partial charge is 0.355 e. The van der Waals surface area contributed by atoms with E-state index in [1.807, 2.05) is 6.92 Å². The molecule has 0 saturated carbocycles. The number of carbonyl (C=O) groups excluding carboxylic acids is 2. The average molecular weight is 355 g/mol. The largest absolute Gasteiger partial charge is 0.489 e. The summed E-state index contributed by atoms with van der Waals surface area (Å²) in [5, 5.41) is 0. The molecule has 0 bridgehead atoms. The maximum atomic E-state index is 12.4. The van der Waals surface area contributed by atoms with Crippen molar-refractivity contribution in [1.82, 2.24) is 0 Å². The molecule has 0 saturated heterocycles. The van der Waals surface area contributed by atoms with Gasteiger partial charge in [0, 0.05) is 18.0 Å². The molecule has 0 atom stereocenters. The SMILES string of the molecule is C=C(C)COc1cccc(N2C=CC=CC(C(=O)OC)=C2C(=O)OC)c1. The van der Waals surface area contributed by atoms with Crippen molar-refractivity contribution in [1.29, 1.82) is 0 Å². The fourth-order valence-corrected chi connectivity index (χ4v) is 2.30. The topological polar surface area (TPSA) is 65.1 Å². The molecule has 0 aliphatic carbocycles. The Morgan fingerprint density at radius 3 is 2.50 bits per heavy atom. The van der Waals surface area contributed by atoms with Crippen LogP contribution in [-0.4, -0.2) is 32.8 Å². The Kier molecular flexibility index (Phi) is 6.38. The molecule has 0 unspecified atom stereocenters. The Morgan fingerprint density at radius 1 is 1.12 bits per heavy atom. The second kappa shape index (κ2) is 8.71. The number of benzene rings is 1. The van der Waals surface area contributed by atoms with Gasteiger partial charge < -0.3 is 19.1 Å². The Labute approximate surface area is 152 Å². The lowest BCUT2D eigenvalue weighted by Gasteiger charge is -2.23. The van der Waals surface area contributed by atoms with Gasteiger partial charge >= 0.3 is 11.9 Å². The van der Waals surface area contributed by atoms with E-state index in [2.05, 4.69) is 6.58 Å². The van der Waals surface area contributed by atoms with Crippen molar-refractivity contribution >= 4 is 17.6 Å². The van der Waals surface area contributed by atoms with E-state index in [0.29, 0.717) is 18.0 Å². The van der Waals surface area contributed by atoms with Crippen molar-refractivity contribution in [3.05, 3.63) is 72.1 Å². The van der Waals surface area contributed by atoms with Gasteiger partial charge in [-0.1, -0.05) is 18.7 Å². The number of ether oxygens (including phenoxy) is 3. The van der Waals surface area contributed by atoms with Gasteiger partial charge in [-0.25, -0.2) is 9.59 Å². The van der Waals surface area contributed by atoms with Crippen LogP contribution in [0.3, 0.4) is 0 Å². The number of anilines is 1. The molecular formula is C20H21NO5. The maximum absolute atomic E-state index is 12.4. The molecule has 0 aromatic heterocycles. The number of nitrogens with zero attached hydrogens (tertiary/aromatic N) is 1. The van der Waals surface area contributed by atoms with Crippen molar-refractivity contribution < 1.29 is 23.8 Å². The fraction of sp³-hybridized carbons (Fsp3) is 0.200. The Morgan fingerprint density at radius 2 is 1.85 bits per heavy atom. The van der Waals surface area contributed by atoms with Crippen molar-refractivity contribution in [2.75, 3.05) is 25.7 Å². The molecule has 0 radical (unpaired) electrons. The number of hydrogen-bond donors (Lipinski definition) is 0. The van der Waals surface area contributed by atoms with Gasteiger partial charge in [0.05, 0.1) is 19.8 Å². The minimum atomic E-state index is -0.658. The summed E-state index contributed by atoms with van der Waals surface area (Å²) in [5.41, 5.74) is 1.67. The second-order valence-corrected chi connectivity index (χ2v) is 5.56. The van der Waals surface area contributed by atoms with E-state index in [4.69, 9.17) is 14.2 Å². The highest BCUT2D eigenvalue weighted by Crippen LogP contribution is 2.29. The summed E-state index contributed by atoms with van der Waals surface area (Å²) >= 11 is 0. The monoisotopic (exact) mass is 355 g/mol. The molecule has 0 amide bonds. The lowest BCUT2D eigenvalue weighted by molar-refractivity contribution is -0.139. The van der Waals surface area contributed by atoms with Gasteiger partial charge in [0.2, 0.25) is 0 Å². The van der Waals surface area contributed by atoms with Gasteiger partial charge in [0.25, 0.3) is 0 Å². The number of esters is 2. The average Bonchev–Trinajstić information content (AvgIpc) is 2.88. The van der Waals surface area contributed by atoms with Crippen molar-refractivity contribution in [3.8, 4) is 5.75 Å². The summed E-state index contributed by atoms with van der Waals surface area (Å²) in [7, 11) is 2.51. The summed E-state index contributed by atoms with van der Waals surface area (Å²) in [6.07, 6.45) is 6.53. The van der Waals surface area contributed by atoms with E-state index in [1.165, 1.54) is 20.3 Å². The lowest BCUT2D eigenvalue weighted by atomic mass is 10.1. The van der Waals surface area contributed by atoms with E-state index in [0.717, 1.165) is 5.57 Å². The van der Waals surface area contributed by atoms with Gasteiger partial charge in [0.15, 0.2) is 0 Å². The molecule has 0 fully saturated rings. The van der Waals surface area contributed by atoms with Crippen LogP contribution in [-0.2, 0) is 19.1 Å². The molecule has 1 aliphatic heterocycles. The summed E-state index contributed by atoms with van der Waals surface area (Å²) in [6, 6.07) is 7.15. The normalized spacial score (nSPS) is 13.3. The summed E-state index contributed by atoms with van der Waals surface area (Å²) < 4.78 is 15.3. The van der Waals surface area contributed by atoms with Crippen LogP contribution in [0.25, 0.3) is 0 Å². The molecule has 6 nitrogen and oxygen atoms in total. The number of carbonyl (C=O) groups is 2. The van der Waals surface area contributed by atoms with Gasteiger partial charge in [-0.15, -0.1) is 0 Å². The van der Waals surface area contributed by atoms with Crippen LogP contribution in [0.4, 0.5) is 5.69 Å². The molecule has 1 aromatic rings. The lowest BCUT2D eigenvalue weighted by Crippen LogP contribution is -2.26. The molecule has 1 aromatic carbocycles. The molecule has 6 heteroatoms. The third-order valence-corrected chi connectivity index (χ3v) is 3.47. The number of methoxy groups -OCH3 is 2. The van der Waals surface area contributed by atoms with Gasteiger partial charge in [-0.05, 0) is 36.8 Å². The third kappa shape index (κ3) is 4.42. The Balaban J connectivity index is 2.51. The van der Waals surface area contributed by atoms with E-state index in [1.54, 1.807) is 47.5 Å². The standard InChI is InChI=1S/C20H21NO5/c1-14(2)13-26-16-9-7-8-15(12-16)21-11-6-5-10-17(19(22)24-3)18(21)20(23)25-4/h5-12H,1,13H2,2-4H3. The first-order valence-corrected chi connectivity index (χ1v) is 7.90. The molecule has 2 rings (SSSR count). The van der Waals surface area contributed by atoms with Crippen LogP contribution in [0.5, 0.6) is 5.75 Å². The van der Waals surface area contributed by atoms with Crippen molar-refractivity contribution in [3.63, 3.8) is 0 Å². The van der Waals surface area contributed by atoms with Gasteiger partial charge in [-0.2, -0.15) is 0 Å². The maximum Gasteiger partial charge on any atom is 0.355 e. The fourth-order valence-electron chi connectivity index (χ4n) is 2.30. The first-order valence-electron chi connectivity index (χ1n) is 7.90. The van der Waals surface area contributed by atoms with Crippen LogP contribution in [0.2, 0.25) is 0 Å². The summed E-state index contributed by atoms with van der Waals surface area (Å²) in [5.74, 6) is -0.681. The molecule has 136 valence electrons. The molecule has 1 aliphatic rings.